The summed E-state index contributed by atoms with van der Waals surface area (Å²) in [6.45, 7) is 12.4. The SMILES string of the molecule is CCC1=C(C)C2=Cc3[nH]c(c(C)c3CC)C=C3N=C(C=C4N=C(C(C)=C4CCC(=O)OC)/C(=C/O)C1=N2)C(CCC(=O)OC)=C3C. The number of ether oxygens (including phenoxy) is 2. The highest BCUT2D eigenvalue weighted by Gasteiger charge is 2.32. The zero-order chi connectivity index (χ0) is 33.3. The predicted octanol–water partition coefficient (Wildman–Crippen LogP) is 7.54. The van der Waals surface area contributed by atoms with Gasteiger partial charge in [0.2, 0.25) is 0 Å². The smallest absolute Gasteiger partial charge is 0.305 e. The van der Waals surface area contributed by atoms with Crippen LogP contribution in [0.25, 0.3) is 12.2 Å². The Morgan fingerprint density at radius 3 is 1.93 bits per heavy atom. The van der Waals surface area contributed by atoms with Crippen LogP contribution in [-0.4, -0.2) is 53.4 Å². The van der Waals surface area contributed by atoms with E-state index in [4.69, 9.17) is 24.5 Å². The second-order valence-electron chi connectivity index (χ2n) is 11.8. The molecule has 5 heterocycles. The lowest BCUT2D eigenvalue weighted by atomic mass is 9.91. The minimum atomic E-state index is -0.323. The van der Waals surface area contributed by atoms with E-state index in [1.165, 1.54) is 19.8 Å². The van der Waals surface area contributed by atoms with Crippen LogP contribution in [0.4, 0.5) is 0 Å². The summed E-state index contributed by atoms with van der Waals surface area (Å²) in [5.41, 5.74) is 14.7. The standard InChI is InChI=1S/C37H42N4O5/c1-9-23-19(3)28-15-29-21(5)25(11-13-34(43)45-7)32(39-29)17-33-26(12-14-35(44)46-8)22(6)36(41-33)27(18-42)37-24(10-2)20(4)30(40-37)16-31(23)38-28/h15-18,38,42H,9-14H2,1-8H3/b27-18-,29-15?,30-16?,33-17?. The van der Waals surface area contributed by atoms with Gasteiger partial charge in [-0.15, -0.1) is 0 Å². The number of methoxy groups -OCH3 is 2. The van der Waals surface area contributed by atoms with Crippen LogP contribution in [0.15, 0.2) is 83.4 Å². The van der Waals surface area contributed by atoms with E-state index in [1.807, 2.05) is 19.9 Å². The Bertz CT molecular complexity index is 1850. The summed E-state index contributed by atoms with van der Waals surface area (Å²) in [4.78, 5) is 43.3. The number of aliphatic hydroxyl groups is 1. The molecule has 9 nitrogen and oxygen atoms in total. The molecule has 0 aromatic carbocycles. The van der Waals surface area contributed by atoms with E-state index in [9.17, 15) is 14.7 Å². The largest absolute Gasteiger partial charge is 0.515 e. The Kier molecular flexibility index (Phi) is 9.42. The highest BCUT2D eigenvalue weighted by atomic mass is 16.5. The van der Waals surface area contributed by atoms with Crippen molar-refractivity contribution in [1.82, 2.24) is 4.98 Å². The first-order valence-corrected chi connectivity index (χ1v) is 15.8. The number of nitrogens with zero attached hydrogens (tertiary/aromatic N) is 3. The summed E-state index contributed by atoms with van der Waals surface area (Å²) < 4.78 is 9.90. The number of aromatic amines is 1. The van der Waals surface area contributed by atoms with Crippen LogP contribution in [0.2, 0.25) is 0 Å². The molecule has 1 aromatic heterocycles. The highest BCUT2D eigenvalue weighted by molar-refractivity contribution is 6.36. The summed E-state index contributed by atoms with van der Waals surface area (Å²) in [6, 6.07) is 0. The second kappa shape index (κ2) is 13.3. The van der Waals surface area contributed by atoms with E-state index in [2.05, 4.69) is 44.8 Å². The molecule has 5 rings (SSSR count). The molecule has 0 radical (unpaired) electrons. The van der Waals surface area contributed by atoms with Crippen LogP contribution >= 0.6 is 0 Å². The fourth-order valence-corrected chi connectivity index (χ4v) is 6.60. The quantitative estimate of drug-likeness (QED) is 0.229. The maximum atomic E-state index is 12.2. The number of aliphatic imine (C=N–C) groups is 3. The number of hydrogen-bond acceptors (Lipinski definition) is 8. The van der Waals surface area contributed by atoms with Crippen LogP contribution in [0.3, 0.4) is 0 Å². The first kappa shape index (κ1) is 32.6. The van der Waals surface area contributed by atoms with E-state index in [1.54, 1.807) is 0 Å². The Hall–Kier alpha value is -4.79. The summed E-state index contributed by atoms with van der Waals surface area (Å²) in [5, 5.41) is 10.7. The van der Waals surface area contributed by atoms with Crippen molar-refractivity contribution in [2.24, 2.45) is 15.0 Å². The van der Waals surface area contributed by atoms with Gasteiger partial charge in [0.05, 0.1) is 60.3 Å². The van der Waals surface area contributed by atoms with Gasteiger partial charge in [0.1, 0.15) is 0 Å². The summed E-state index contributed by atoms with van der Waals surface area (Å²) >= 11 is 0. The third-order valence-electron chi connectivity index (χ3n) is 9.34. The molecule has 0 unspecified atom stereocenters. The number of allylic oxidation sites excluding steroid dienone is 8. The van der Waals surface area contributed by atoms with Gasteiger partial charge in [-0.25, -0.2) is 15.0 Å². The van der Waals surface area contributed by atoms with Crippen molar-refractivity contribution >= 4 is 41.2 Å². The van der Waals surface area contributed by atoms with Crippen molar-refractivity contribution in [3.05, 3.63) is 91.0 Å². The molecule has 4 aliphatic heterocycles. The number of esters is 2. The molecule has 0 amide bonds. The van der Waals surface area contributed by atoms with Crippen LogP contribution in [-0.2, 0) is 25.5 Å². The minimum absolute atomic E-state index is 0.171. The molecule has 0 spiro atoms. The average Bonchev–Trinajstić information content (AvgIpc) is 3.72. The zero-order valence-corrected chi connectivity index (χ0v) is 28.0. The lowest BCUT2D eigenvalue weighted by molar-refractivity contribution is -0.141. The van der Waals surface area contributed by atoms with Crippen LogP contribution in [0.5, 0.6) is 0 Å². The van der Waals surface area contributed by atoms with Crippen molar-refractivity contribution in [2.75, 3.05) is 14.2 Å². The number of aliphatic hydroxyl groups excluding tert-OH is 1. The predicted molar refractivity (Wildman–Crippen MR) is 183 cm³/mol. The number of hydrogen-bond donors (Lipinski definition) is 2. The Balaban J connectivity index is 1.80. The molecule has 8 bridgehead atoms. The molecule has 9 heteroatoms. The number of H-pyrrole nitrogens is 1. The first-order chi connectivity index (χ1) is 22.1. The van der Waals surface area contributed by atoms with Crippen molar-refractivity contribution < 1.29 is 24.2 Å². The molecular weight excluding hydrogens is 580 g/mol. The molecule has 4 aliphatic rings. The maximum Gasteiger partial charge on any atom is 0.305 e. The Morgan fingerprint density at radius 2 is 1.33 bits per heavy atom. The summed E-state index contributed by atoms with van der Waals surface area (Å²) in [6.07, 6.45) is 9.94. The van der Waals surface area contributed by atoms with Gasteiger partial charge in [0.15, 0.2) is 0 Å². The molecule has 1 aromatic rings. The third kappa shape index (κ3) is 5.82. The van der Waals surface area contributed by atoms with Gasteiger partial charge in [0, 0.05) is 24.2 Å². The number of rotatable bonds is 8. The minimum Gasteiger partial charge on any atom is -0.515 e. The monoisotopic (exact) mass is 622 g/mol. The number of carbonyl (C=O) groups is 2. The summed E-state index contributed by atoms with van der Waals surface area (Å²) in [7, 11) is 2.76. The topological polar surface area (TPSA) is 126 Å². The van der Waals surface area contributed by atoms with Gasteiger partial charge in [-0.05, 0) is 116 Å². The number of aromatic nitrogens is 1. The molecule has 0 fully saturated rings. The normalized spacial score (nSPS) is 18.5. The van der Waals surface area contributed by atoms with E-state index in [-0.39, 0.29) is 24.8 Å². The molecule has 0 atom stereocenters. The van der Waals surface area contributed by atoms with E-state index < -0.39 is 0 Å². The maximum absolute atomic E-state index is 12.2. The number of nitrogens with one attached hydrogen (secondary N) is 1. The molecular formula is C37H42N4O5. The fourth-order valence-electron chi connectivity index (χ4n) is 6.60. The van der Waals surface area contributed by atoms with E-state index >= 15 is 0 Å². The second-order valence-corrected chi connectivity index (χ2v) is 11.8. The van der Waals surface area contributed by atoms with Crippen molar-refractivity contribution in [3.63, 3.8) is 0 Å². The zero-order valence-electron chi connectivity index (χ0n) is 28.0. The highest BCUT2D eigenvalue weighted by Crippen LogP contribution is 2.39. The van der Waals surface area contributed by atoms with Crippen LogP contribution in [0.1, 0.15) is 89.2 Å². The van der Waals surface area contributed by atoms with Crippen LogP contribution in [0, 0.1) is 6.92 Å². The summed E-state index contributed by atoms with van der Waals surface area (Å²) in [5.74, 6) is -0.621. The van der Waals surface area contributed by atoms with Crippen LogP contribution < -0.4 is 0 Å². The molecule has 0 saturated heterocycles. The molecule has 46 heavy (non-hydrogen) atoms. The Morgan fingerprint density at radius 1 is 0.739 bits per heavy atom. The average molecular weight is 623 g/mol. The molecule has 0 saturated carbocycles. The van der Waals surface area contributed by atoms with Gasteiger partial charge >= 0.3 is 11.9 Å². The van der Waals surface area contributed by atoms with E-state index in [0.29, 0.717) is 41.2 Å². The third-order valence-corrected chi connectivity index (χ3v) is 9.34. The lowest BCUT2D eigenvalue weighted by Gasteiger charge is -2.11. The molecule has 240 valence electrons. The number of carbonyl (C=O) groups excluding carboxylic acids is 2. The first-order valence-electron chi connectivity index (χ1n) is 15.8. The van der Waals surface area contributed by atoms with Gasteiger partial charge in [-0.3, -0.25) is 9.59 Å². The lowest BCUT2D eigenvalue weighted by Crippen LogP contribution is -2.14. The van der Waals surface area contributed by atoms with Gasteiger partial charge in [0.25, 0.3) is 0 Å². The Labute approximate surface area is 270 Å². The number of fused-ring (bicyclic) bond motifs is 5. The van der Waals surface area contributed by atoms with Gasteiger partial charge < -0.3 is 19.6 Å². The molecule has 0 aliphatic carbocycles. The van der Waals surface area contributed by atoms with Gasteiger partial charge in [-0.2, -0.15) is 0 Å². The van der Waals surface area contributed by atoms with Crippen molar-refractivity contribution in [1.29, 1.82) is 0 Å². The van der Waals surface area contributed by atoms with Crippen molar-refractivity contribution in [3.8, 4) is 0 Å². The molecule has 2 N–H and O–H groups in total. The van der Waals surface area contributed by atoms with Crippen molar-refractivity contribution in [2.45, 2.75) is 80.1 Å². The van der Waals surface area contributed by atoms with Gasteiger partial charge in [-0.1, -0.05) is 13.8 Å². The fraction of sp³-hybridized carbons (Fsp3) is 0.378. The van der Waals surface area contributed by atoms with E-state index in [0.717, 1.165) is 80.9 Å².